The molecule has 1 aromatic rings. The molecule has 0 spiro atoms. The van der Waals surface area contributed by atoms with Gasteiger partial charge in [0.25, 0.3) is 0 Å². The summed E-state index contributed by atoms with van der Waals surface area (Å²) in [7, 11) is -3.41. The molecule has 0 unspecified atom stereocenters. The van der Waals surface area contributed by atoms with Crippen molar-refractivity contribution in [3.63, 3.8) is 0 Å². The van der Waals surface area contributed by atoms with Gasteiger partial charge in [0.2, 0.25) is 23.5 Å². The minimum atomic E-state index is -3.41. The number of nitrogens with one attached hydrogen (secondary N) is 3. The second kappa shape index (κ2) is 16.8. The van der Waals surface area contributed by atoms with Gasteiger partial charge in [0.15, 0.2) is 9.84 Å². The molecular weight excluding hydrogens is 679 g/mol. The molecule has 4 N–H and O–H groups in total. The Kier molecular flexibility index (Phi) is 14.9. The number of hydrogen-bond donors (Lipinski definition) is 4. The Morgan fingerprint density at radius 2 is 1.43 bits per heavy atom. The van der Waals surface area contributed by atoms with Gasteiger partial charge in [-0.1, -0.05) is 47.6 Å². The molecule has 3 atom stereocenters. The lowest BCUT2D eigenvalue weighted by atomic mass is 9.99. The molecule has 14 heteroatoms. The smallest absolute Gasteiger partial charge is 0.312 e. The number of nitrogens with zero attached hydrogens (tertiary/aromatic N) is 1. The number of nitro benzene ring substituents is 1. The van der Waals surface area contributed by atoms with Crippen LogP contribution in [0.2, 0.25) is 0 Å². The van der Waals surface area contributed by atoms with E-state index in [-0.39, 0.29) is 34.2 Å². The number of benzene rings is 1. The van der Waals surface area contributed by atoms with Crippen LogP contribution in [0, 0.1) is 31.4 Å². The first-order valence-corrected chi connectivity index (χ1v) is 16.8. The zero-order valence-electron chi connectivity index (χ0n) is 25.1. The van der Waals surface area contributed by atoms with Crippen molar-refractivity contribution in [3.05, 3.63) is 42.9 Å². The van der Waals surface area contributed by atoms with Gasteiger partial charge in [0.1, 0.15) is 12.1 Å². The van der Waals surface area contributed by atoms with Gasteiger partial charge in [0.05, 0.1) is 14.9 Å². The minimum absolute atomic E-state index is 0.00526. The van der Waals surface area contributed by atoms with Crippen molar-refractivity contribution in [2.45, 2.75) is 85.4 Å². The van der Waals surface area contributed by atoms with Crippen LogP contribution >= 0.6 is 22.6 Å². The van der Waals surface area contributed by atoms with E-state index in [4.69, 9.17) is 0 Å². The van der Waals surface area contributed by atoms with Crippen molar-refractivity contribution >= 4 is 55.8 Å². The molecule has 12 nitrogen and oxygen atoms in total. The number of rotatable bonds is 16. The Morgan fingerprint density at radius 1 is 0.929 bits per heavy atom. The second-order valence-electron chi connectivity index (χ2n) is 11.7. The van der Waals surface area contributed by atoms with Gasteiger partial charge >= 0.3 is 5.69 Å². The van der Waals surface area contributed by atoms with E-state index in [1.165, 1.54) is 12.1 Å². The van der Waals surface area contributed by atoms with Crippen LogP contribution in [0.5, 0.6) is 5.75 Å². The molecule has 0 saturated heterocycles. The molecule has 1 rings (SSSR count). The van der Waals surface area contributed by atoms with Crippen LogP contribution in [0.15, 0.2) is 23.6 Å². The van der Waals surface area contributed by atoms with Crippen molar-refractivity contribution in [1.82, 2.24) is 16.0 Å². The SMILES string of the molecule is CC(C)C[C@@H](/C=C/S(C)(=O)=O)NC(=O)[C@H](CC(C)C)NC(=O)[C@H](CC(C)C)NC(=O)Cc1cc(I)c(O)c([N+](=O)[O-])c1. The summed E-state index contributed by atoms with van der Waals surface area (Å²) in [5.74, 6) is -1.88. The number of carbonyl (C=O) groups is 3. The largest absolute Gasteiger partial charge is 0.501 e. The Bertz CT molecular complexity index is 1260. The summed E-state index contributed by atoms with van der Waals surface area (Å²) in [6, 6.07) is 0.0783. The fourth-order valence-electron chi connectivity index (χ4n) is 4.20. The van der Waals surface area contributed by atoms with Gasteiger partial charge in [-0.2, -0.15) is 0 Å². The van der Waals surface area contributed by atoms with E-state index in [1.54, 1.807) is 22.6 Å². The van der Waals surface area contributed by atoms with Gasteiger partial charge in [-0.3, -0.25) is 24.5 Å². The first kappa shape index (κ1) is 37.3. The van der Waals surface area contributed by atoms with Crippen molar-refractivity contribution in [2.75, 3.05) is 6.26 Å². The molecule has 42 heavy (non-hydrogen) atoms. The van der Waals surface area contributed by atoms with Crippen molar-refractivity contribution in [2.24, 2.45) is 17.8 Å². The predicted octanol–water partition coefficient (Wildman–Crippen LogP) is 3.60. The number of nitro groups is 1. The van der Waals surface area contributed by atoms with Gasteiger partial charge in [0, 0.05) is 23.8 Å². The normalized spacial score (nSPS) is 14.2. The topological polar surface area (TPSA) is 185 Å². The summed E-state index contributed by atoms with van der Waals surface area (Å²) in [5.41, 5.74) is -0.230. The molecule has 3 amide bonds. The van der Waals surface area contributed by atoms with Crippen LogP contribution in [-0.4, -0.2) is 60.6 Å². The molecule has 0 aromatic heterocycles. The van der Waals surface area contributed by atoms with E-state index >= 15 is 0 Å². The van der Waals surface area contributed by atoms with E-state index in [0.717, 1.165) is 17.7 Å². The summed E-state index contributed by atoms with van der Waals surface area (Å²) in [5, 5.41) is 30.5. The maximum Gasteiger partial charge on any atom is 0.312 e. The molecule has 0 heterocycles. The van der Waals surface area contributed by atoms with Gasteiger partial charge in [-0.15, -0.1) is 0 Å². The molecule has 1 aromatic carbocycles. The summed E-state index contributed by atoms with van der Waals surface area (Å²) < 4.78 is 23.5. The molecular formula is C28H43IN4O8S. The van der Waals surface area contributed by atoms with Crippen LogP contribution < -0.4 is 16.0 Å². The Morgan fingerprint density at radius 3 is 1.90 bits per heavy atom. The molecule has 0 aliphatic heterocycles. The zero-order valence-corrected chi connectivity index (χ0v) is 28.1. The standard InChI is InChI=1S/C28H43IN4O8S/c1-16(2)10-20(8-9-42(7,40)41)30-27(36)23(12-18(5)6)32-28(37)22(11-17(3)4)31-25(34)15-19-13-21(29)26(35)24(14-19)33(38)39/h8-9,13-14,16-18,20,22-23,35H,10-12,15H2,1-7H3,(H,30,36)(H,31,34)(H,32,37)/b9-8+/t20-,22+,23+/m1/s1. The van der Waals surface area contributed by atoms with Crippen molar-refractivity contribution < 1.29 is 32.8 Å². The van der Waals surface area contributed by atoms with Crippen LogP contribution in [0.25, 0.3) is 0 Å². The molecule has 0 bridgehead atoms. The third-order valence-electron chi connectivity index (χ3n) is 5.97. The summed E-state index contributed by atoms with van der Waals surface area (Å²) >= 11 is 1.74. The van der Waals surface area contributed by atoms with Crippen LogP contribution in [0.3, 0.4) is 0 Å². The van der Waals surface area contributed by atoms with E-state index in [0.29, 0.717) is 18.4 Å². The maximum absolute atomic E-state index is 13.4. The third kappa shape index (κ3) is 13.9. The quantitative estimate of drug-likeness (QED) is 0.113. The fraction of sp³-hybridized carbons (Fsp3) is 0.607. The minimum Gasteiger partial charge on any atom is -0.501 e. The van der Waals surface area contributed by atoms with E-state index in [2.05, 4.69) is 16.0 Å². The molecule has 0 aliphatic rings. The van der Waals surface area contributed by atoms with Crippen LogP contribution in [-0.2, 0) is 30.6 Å². The van der Waals surface area contributed by atoms with Gasteiger partial charge in [-0.25, -0.2) is 8.42 Å². The van der Waals surface area contributed by atoms with E-state index in [9.17, 15) is 38.0 Å². The Labute approximate surface area is 261 Å². The lowest BCUT2D eigenvalue weighted by molar-refractivity contribution is -0.386. The molecule has 0 fully saturated rings. The van der Waals surface area contributed by atoms with E-state index in [1.807, 2.05) is 41.5 Å². The second-order valence-corrected chi connectivity index (χ2v) is 14.8. The molecule has 0 radical (unpaired) electrons. The highest BCUT2D eigenvalue weighted by Gasteiger charge is 2.29. The first-order chi connectivity index (χ1) is 19.3. The highest BCUT2D eigenvalue weighted by atomic mass is 127. The lowest BCUT2D eigenvalue weighted by Crippen LogP contribution is -2.55. The highest BCUT2D eigenvalue weighted by molar-refractivity contribution is 14.1. The summed E-state index contributed by atoms with van der Waals surface area (Å²) in [6.45, 7) is 11.4. The number of amides is 3. The number of sulfone groups is 1. The van der Waals surface area contributed by atoms with Gasteiger partial charge < -0.3 is 21.1 Å². The lowest BCUT2D eigenvalue weighted by Gasteiger charge is -2.27. The number of carbonyl (C=O) groups excluding carboxylic acids is 3. The van der Waals surface area contributed by atoms with Crippen molar-refractivity contribution in [3.8, 4) is 5.75 Å². The summed E-state index contributed by atoms with van der Waals surface area (Å²) in [6.07, 6.45) is 3.29. The predicted molar refractivity (Wildman–Crippen MR) is 169 cm³/mol. The van der Waals surface area contributed by atoms with Crippen LogP contribution in [0.1, 0.15) is 66.4 Å². The monoisotopic (exact) mass is 722 g/mol. The molecule has 0 aliphatic carbocycles. The zero-order chi connectivity index (χ0) is 32.4. The number of aromatic hydroxyl groups is 1. The Hall–Kier alpha value is -2.75. The number of phenols is 1. The van der Waals surface area contributed by atoms with Crippen LogP contribution in [0.4, 0.5) is 5.69 Å². The average molecular weight is 723 g/mol. The summed E-state index contributed by atoms with van der Waals surface area (Å²) in [4.78, 5) is 50.2. The average Bonchev–Trinajstić information content (AvgIpc) is 2.82. The maximum atomic E-state index is 13.4. The fourth-order valence-corrected chi connectivity index (χ4v) is 5.36. The third-order valence-corrected chi connectivity index (χ3v) is 7.45. The van der Waals surface area contributed by atoms with Gasteiger partial charge in [-0.05, 0) is 71.2 Å². The Balaban J connectivity index is 3.14. The number of halogens is 1. The van der Waals surface area contributed by atoms with Crippen molar-refractivity contribution in [1.29, 1.82) is 0 Å². The highest BCUT2D eigenvalue weighted by Crippen LogP contribution is 2.32. The first-order valence-electron chi connectivity index (χ1n) is 13.7. The number of hydrogen-bond acceptors (Lipinski definition) is 8. The molecule has 0 saturated carbocycles. The van der Waals surface area contributed by atoms with E-state index < -0.39 is 62.0 Å². The molecule has 236 valence electrons. The number of phenolic OH excluding ortho intramolecular Hbond substituents is 1.